The molecule has 1 N–H and O–H groups in total. The molecule has 2 heterocycles. The molecule has 134 valence electrons. The number of H-pyrrole nitrogens is 1. The van der Waals surface area contributed by atoms with Gasteiger partial charge in [-0.25, -0.2) is 4.98 Å². The van der Waals surface area contributed by atoms with Crippen LogP contribution in [0, 0.1) is 5.92 Å². The number of imidazole rings is 1. The van der Waals surface area contributed by atoms with E-state index in [-0.39, 0.29) is 29.7 Å². The van der Waals surface area contributed by atoms with E-state index in [1.165, 1.54) is 0 Å². The largest absolute Gasteiger partial charge is 0.340 e. The first-order valence-electron chi connectivity index (χ1n) is 8.35. The van der Waals surface area contributed by atoms with Gasteiger partial charge in [0.15, 0.2) is 0 Å². The van der Waals surface area contributed by atoms with E-state index in [0.717, 1.165) is 11.0 Å². The molecule has 3 rings (SSSR count). The Labute approximate surface area is 152 Å². The summed E-state index contributed by atoms with van der Waals surface area (Å²) in [6.45, 7) is 6.80. The number of amides is 2. The van der Waals surface area contributed by atoms with Crippen LogP contribution < -0.4 is 0 Å². The number of fused-ring (bicyclic) bond motifs is 1. The van der Waals surface area contributed by atoms with E-state index in [1.54, 1.807) is 22.9 Å². The highest BCUT2D eigenvalue weighted by atomic mass is 35.5. The number of carbonyl (C=O) groups is 2. The number of halogens is 1. The standard InChI is InChI=1S/C18H23ClN4O2/c1-18(2,3)23-9-11(7-16(23)24)17(25)22(4)10-15-20-13-6-5-12(19)8-14(13)21-15/h5-6,8,11H,7,9-10H2,1-4H3,(H,20,21)/t11-/m0/s1. The molecule has 0 saturated carbocycles. The van der Waals surface area contributed by atoms with Gasteiger partial charge in [-0.3, -0.25) is 9.59 Å². The third kappa shape index (κ3) is 3.63. The first kappa shape index (κ1) is 17.7. The number of rotatable bonds is 3. The Kier molecular flexibility index (Phi) is 4.49. The van der Waals surface area contributed by atoms with Gasteiger partial charge >= 0.3 is 0 Å². The molecule has 0 bridgehead atoms. The van der Waals surface area contributed by atoms with Gasteiger partial charge < -0.3 is 14.8 Å². The van der Waals surface area contributed by atoms with Crippen LogP contribution in [-0.4, -0.2) is 50.7 Å². The molecule has 1 aliphatic rings. The summed E-state index contributed by atoms with van der Waals surface area (Å²) in [5.41, 5.74) is 1.40. The van der Waals surface area contributed by atoms with E-state index in [2.05, 4.69) is 9.97 Å². The zero-order chi connectivity index (χ0) is 18.4. The van der Waals surface area contributed by atoms with Crippen molar-refractivity contribution >= 4 is 34.4 Å². The van der Waals surface area contributed by atoms with Crippen LogP contribution in [0.4, 0.5) is 0 Å². The van der Waals surface area contributed by atoms with Gasteiger partial charge in [-0.15, -0.1) is 0 Å². The van der Waals surface area contributed by atoms with Gasteiger partial charge in [-0.2, -0.15) is 0 Å². The Balaban J connectivity index is 1.69. The van der Waals surface area contributed by atoms with E-state index in [4.69, 9.17) is 11.6 Å². The number of benzene rings is 1. The number of likely N-dealkylation sites (tertiary alicyclic amines) is 1. The van der Waals surface area contributed by atoms with Crippen molar-refractivity contribution in [3.05, 3.63) is 29.0 Å². The second-order valence-electron chi connectivity index (χ2n) is 7.62. The second kappa shape index (κ2) is 6.33. The number of aromatic nitrogens is 2. The molecule has 1 aliphatic heterocycles. The van der Waals surface area contributed by atoms with Crippen LogP contribution >= 0.6 is 11.6 Å². The number of hydrogen-bond donors (Lipinski definition) is 1. The zero-order valence-electron chi connectivity index (χ0n) is 15.0. The second-order valence-corrected chi connectivity index (χ2v) is 8.05. The summed E-state index contributed by atoms with van der Waals surface area (Å²) >= 11 is 5.99. The average Bonchev–Trinajstić information content (AvgIpc) is 3.08. The van der Waals surface area contributed by atoms with Crippen molar-refractivity contribution in [2.75, 3.05) is 13.6 Å². The zero-order valence-corrected chi connectivity index (χ0v) is 15.7. The summed E-state index contributed by atoms with van der Waals surface area (Å²) in [7, 11) is 1.74. The van der Waals surface area contributed by atoms with Crippen molar-refractivity contribution in [3.63, 3.8) is 0 Å². The van der Waals surface area contributed by atoms with Crippen molar-refractivity contribution in [2.45, 2.75) is 39.3 Å². The third-order valence-corrected chi connectivity index (χ3v) is 4.78. The third-order valence-electron chi connectivity index (χ3n) is 4.54. The predicted octanol–water partition coefficient (Wildman–Crippen LogP) is 2.82. The molecule has 0 unspecified atom stereocenters. The molecule has 1 aromatic heterocycles. The van der Waals surface area contributed by atoms with E-state index in [0.29, 0.717) is 23.9 Å². The molecule has 2 amide bonds. The van der Waals surface area contributed by atoms with Crippen molar-refractivity contribution in [2.24, 2.45) is 5.92 Å². The maximum atomic E-state index is 12.7. The molecule has 0 radical (unpaired) electrons. The molecular weight excluding hydrogens is 340 g/mol. The van der Waals surface area contributed by atoms with E-state index in [1.807, 2.05) is 32.9 Å². The van der Waals surface area contributed by atoms with Crippen LogP contribution in [0.15, 0.2) is 18.2 Å². The van der Waals surface area contributed by atoms with Crippen molar-refractivity contribution in [3.8, 4) is 0 Å². The summed E-state index contributed by atoms with van der Waals surface area (Å²) in [4.78, 5) is 36.0. The Morgan fingerprint density at radius 2 is 2.16 bits per heavy atom. The van der Waals surface area contributed by atoms with Gasteiger partial charge in [0.05, 0.1) is 23.5 Å². The fourth-order valence-corrected chi connectivity index (χ4v) is 3.42. The number of aromatic amines is 1. The van der Waals surface area contributed by atoms with E-state index < -0.39 is 0 Å². The van der Waals surface area contributed by atoms with Crippen LogP contribution in [0.2, 0.25) is 5.02 Å². The topological polar surface area (TPSA) is 69.3 Å². The minimum atomic E-state index is -0.296. The summed E-state index contributed by atoms with van der Waals surface area (Å²) in [6, 6.07) is 5.44. The highest BCUT2D eigenvalue weighted by molar-refractivity contribution is 6.31. The van der Waals surface area contributed by atoms with Crippen LogP contribution in [-0.2, 0) is 16.1 Å². The predicted molar refractivity (Wildman–Crippen MR) is 97.2 cm³/mol. The lowest BCUT2D eigenvalue weighted by atomic mass is 10.1. The van der Waals surface area contributed by atoms with Crippen LogP contribution in [0.3, 0.4) is 0 Å². The molecule has 1 atom stereocenters. The first-order chi connectivity index (χ1) is 11.6. The molecule has 2 aromatic rings. The van der Waals surface area contributed by atoms with Crippen molar-refractivity contribution in [1.29, 1.82) is 0 Å². The smallest absolute Gasteiger partial charge is 0.228 e. The molecule has 1 fully saturated rings. The lowest BCUT2D eigenvalue weighted by Gasteiger charge is -2.32. The highest BCUT2D eigenvalue weighted by Gasteiger charge is 2.40. The van der Waals surface area contributed by atoms with Crippen molar-refractivity contribution < 1.29 is 9.59 Å². The maximum absolute atomic E-state index is 12.7. The molecular formula is C18H23ClN4O2. The van der Waals surface area contributed by atoms with Crippen LogP contribution in [0.1, 0.15) is 33.0 Å². The monoisotopic (exact) mass is 362 g/mol. The van der Waals surface area contributed by atoms with E-state index >= 15 is 0 Å². The minimum absolute atomic E-state index is 0.0291. The van der Waals surface area contributed by atoms with Gasteiger partial charge in [0.25, 0.3) is 0 Å². The highest BCUT2D eigenvalue weighted by Crippen LogP contribution is 2.27. The lowest BCUT2D eigenvalue weighted by Crippen LogP contribution is -2.43. The normalized spacial score (nSPS) is 18.2. The van der Waals surface area contributed by atoms with Gasteiger partial charge in [0, 0.05) is 30.6 Å². The number of nitrogens with zero attached hydrogens (tertiary/aromatic N) is 3. The number of carbonyl (C=O) groups excluding carboxylic acids is 2. The van der Waals surface area contributed by atoms with E-state index in [9.17, 15) is 9.59 Å². The molecule has 25 heavy (non-hydrogen) atoms. The fraction of sp³-hybridized carbons (Fsp3) is 0.500. The molecule has 7 heteroatoms. The maximum Gasteiger partial charge on any atom is 0.228 e. The fourth-order valence-electron chi connectivity index (χ4n) is 3.24. The first-order valence-corrected chi connectivity index (χ1v) is 8.72. The SMILES string of the molecule is CN(Cc1nc2ccc(Cl)cc2[nH]1)C(=O)[C@H]1CC(=O)N(C(C)(C)C)C1. The Morgan fingerprint density at radius 1 is 1.44 bits per heavy atom. The molecule has 0 aliphatic carbocycles. The Hall–Kier alpha value is -2.08. The van der Waals surface area contributed by atoms with Gasteiger partial charge in [-0.05, 0) is 39.0 Å². The van der Waals surface area contributed by atoms with Gasteiger partial charge in [0.1, 0.15) is 5.82 Å². The molecule has 0 spiro atoms. The number of nitrogens with one attached hydrogen (secondary N) is 1. The average molecular weight is 363 g/mol. The number of hydrogen-bond acceptors (Lipinski definition) is 3. The van der Waals surface area contributed by atoms with Crippen LogP contribution in [0.5, 0.6) is 0 Å². The molecule has 6 nitrogen and oxygen atoms in total. The lowest BCUT2D eigenvalue weighted by molar-refractivity contribution is -0.135. The summed E-state index contributed by atoms with van der Waals surface area (Å²) < 4.78 is 0. The summed E-state index contributed by atoms with van der Waals surface area (Å²) in [6.07, 6.45) is 0.274. The Morgan fingerprint density at radius 3 is 2.80 bits per heavy atom. The van der Waals surface area contributed by atoms with Gasteiger partial charge in [-0.1, -0.05) is 11.6 Å². The minimum Gasteiger partial charge on any atom is -0.340 e. The van der Waals surface area contributed by atoms with Crippen molar-refractivity contribution in [1.82, 2.24) is 19.8 Å². The van der Waals surface area contributed by atoms with Gasteiger partial charge in [0.2, 0.25) is 11.8 Å². The molecule has 1 saturated heterocycles. The quantitative estimate of drug-likeness (QED) is 0.912. The Bertz CT molecular complexity index is 824. The molecule has 1 aromatic carbocycles. The summed E-state index contributed by atoms with van der Waals surface area (Å²) in [5.74, 6) is 0.414. The van der Waals surface area contributed by atoms with Crippen LogP contribution in [0.25, 0.3) is 11.0 Å². The summed E-state index contributed by atoms with van der Waals surface area (Å²) in [5, 5.41) is 0.638.